The second-order valence-corrected chi connectivity index (χ2v) is 3.45. The zero-order valence-corrected chi connectivity index (χ0v) is 8.23. The number of nitrogens with zero attached hydrogens (tertiary/aromatic N) is 1. The van der Waals surface area contributed by atoms with E-state index in [1.165, 1.54) is 5.56 Å². The van der Waals surface area contributed by atoms with Crippen LogP contribution in [-0.2, 0) is 4.74 Å². The van der Waals surface area contributed by atoms with E-state index in [0.29, 0.717) is 12.5 Å². The second kappa shape index (κ2) is 3.66. The first-order valence-corrected chi connectivity index (χ1v) is 4.69. The molecule has 1 aromatic rings. The van der Waals surface area contributed by atoms with Gasteiger partial charge in [-0.25, -0.2) is 4.99 Å². The molecule has 0 N–H and O–H groups in total. The van der Waals surface area contributed by atoms with Crippen LogP contribution in [0.4, 0.5) is 0 Å². The fourth-order valence-electron chi connectivity index (χ4n) is 1.45. The van der Waals surface area contributed by atoms with E-state index in [4.69, 9.17) is 4.74 Å². The summed E-state index contributed by atoms with van der Waals surface area (Å²) < 4.78 is 5.43. The Morgan fingerprint density at radius 1 is 1.43 bits per heavy atom. The van der Waals surface area contributed by atoms with Crippen molar-refractivity contribution in [3.63, 3.8) is 0 Å². The van der Waals surface area contributed by atoms with Crippen molar-refractivity contribution in [1.82, 2.24) is 0 Å². The Bertz CT molecular complexity index is 367. The van der Waals surface area contributed by atoms with E-state index in [1.807, 2.05) is 25.1 Å². The van der Waals surface area contributed by atoms with Gasteiger partial charge < -0.3 is 4.74 Å². The van der Waals surface area contributed by atoms with E-state index in [9.17, 15) is 0 Å². The normalized spacial score (nSPS) is 20.1. The molecular formula is C12H13NO. The molecule has 0 bridgehead atoms. The molecule has 0 saturated heterocycles. The third kappa shape index (κ3) is 1.69. The van der Waals surface area contributed by atoms with Gasteiger partial charge in [0.2, 0.25) is 5.90 Å². The molecule has 14 heavy (non-hydrogen) atoms. The summed E-state index contributed by atoms with van der Waals surface area (Å²) in [6, 6.07) is 10.3. The molecule has 0 saturated carbocycles. The van der Waals surface area contributed by atoms with E-state index in [2.05, 4.69) is 23.7 Å². The van der Waals surface area contributed by atoms with Crippen LogP contribution in [0.15, 0.2) is 47.5 Å². The molecule has 2 heteroatoms. The van der Waals surface area contributed by atoms with Crippen molar-refractivity contribution in [2.75, 3.05) is 6.61 Å². The standard InChI is InChI=1S/C12H13NO/c1-9(2)12-13-11(8-14-12)10-6-4-3-5-7-10/h3-7,11H,1,8H2,2H3. The van der Waals surface area contributed by atoms with Crippen molar-refractivity contribution in [2.45, 2.75) is 13.0 Å². The molecule has 1 heterocycles. The molecule has 2 rings (SSSR count). The maximum absolute atomic E-state index is 5.43. The Labute approximate surface area is 83.9 Å². The van der Waals surface area contributed by atoms with Gasteiger partial charge in [0.25, 0.3) is 0 Å². The highest BCUT2D eigenvalue weighted by Crippen LogP contribution is 2.23. The van der Waals surface area contributed by atoms with E-state index >= 15 is 0 Å². The fourth-order valence-corrected chi connectivity index (χ4v) is 1.45. The van der Waals surface area contributed by atoms with Crippen LogP contribution in [0.2, 0.25) is 0 Å². The maximum Gasteiger partial charge on any atom is 0.211 e. The van der Waals surface area contributed by atoms with Crippen molar-refractivity contribution in [3.8, 4) is 0 Å². The third-order valence-electron chi connectivity index (χ3n) is 2.20. The summed E-state index contributed by atoms with van der Waals surface area (Å²) in [4.78, 5) is 4.45. The van der Waals surface area contributed by atoms with Gasteiger partial charge in [-0.3, -0.25) is 0 Å². The summed E-state index contributed by atoms with van der Waals surface area (Å²) in [5.74, 6) is 0.693. The number of hydrogen-bond acceptors (Lipinski definition) is 2. The van der Waals surface area contributed by atoms with Gasteiger partial charge in [0.05, 0.1) is 0 Å². The van der Waals surface area contributed by atoms with Crippen LogP contribution in [-0.4, -0.2) is 12.5 Å². The minimum absolute atomic E-state index is 0.142. The van der Waals surface area contributed by atoms with Gasteiger partial charge in [0.15, 0.2) is 0 Å². The van der Waals surface area contributed by atoms with Crippen LogP contribution in [0, 0.1) is 0 Å². The van der Waals surface area contributed by atoms with Crippen molar-refractivity contribution >= 4 is 5.90 Å². The highest BCUT2D eigenvalue weighted by molar-refractivity contribution is 5.93. The smallest absolute Gasteiger partial charge is 0.211 e. The Hall–Kier alpha value is -1.57. The Kier molecular flexibility index (Phi) is 2.35. The van der Waals surface area contributed by atoms with Gasteiger partial charge in [-0.15, -0.1) is 0 Å². The van der Waals surface area contributed by atoms with Crippen LogP contribution < -0.4 is 0 Å². The number of hydrogen-bond donors (Lipinski definition) is 0. The lowest BCUT2D eigenvalue weighted by atomic mass is 10.1. The Morgan fingerprint density at radius 3 is 2.71 bits per heavy atom. The molecule has 2 nitrogen and oxygen atoms in total. The maximum atomic E-state index is 5.43. The first kappa shape index (κ1) is 9.00. The van der Waals surface area contributed by atoms with Crippen LogP contribution in [0.25, 0.3) is 0 Å². The molecule has 0 fully saturated rings. The molecule has 1 aromatic carbocycles. The predicted octanol–water partition coefficient (Wildman–Crippen LogP) is 2.73. The minimum Gasteiger partial charge on any atom is -0.475 e. The highest BCUT2D eigenvalue weighted by atomic mass is 16.5. The van der Waals surface area contributed by atoms with Crippen molar-refractivity contribution in [1.29, 1.82) is 0 Å². The van der Waals surface area contributed by atoms with Crippen molar-refractivity contribution in [3.05, 3.63) is 48.0 Å². The number of benzene rings is 1. The molecule has 1 aliphatic rings. The fraction of sp³-hybridized carbons (Fsp3) is 0.250. The zero-order chi connectivity index (χ0) is 9.97. The monoisotopic (exact) mass is 187 g/mol. The summed E-state index contributed by atoms with van der Waals surface area (Å²) in [6.07, 6.45) is 0. The average molecular weight is 187 g/mol. The Morgan fingerprint density at radius 2 is 2.14 bits per heavy atom. The molecule has 0 aromatic heterocycles. The van der Waals surface area contributed by atoms with Crippen molar-refractivity contribution < 1.29 is 4.74 Å². The van der Waals surface area contributed by atoms with E-state index in [0.717, 1.165) is 5.57 Å². The summed E-state index contributed by atoms with van der Waals surface area (Å²) in [7, 11) is 0. The second-order valence-electron chi connectivity index (χ2n) is 3.45. The van der Waals surface area contributed by atoms with Crippen LogP contribution in [0.3, 0.4) is 0 Å². The lowest BCUT2D eigenvalue weighted by molar-refractivity contribution is 0.319. The third-order valence-corrected chi connectivity index (χ3v) is 2.20. The van der Waals surface area contributed by atoms with Gasteiger partial charge in [-0.05, 0) is 12.5 Å². The average Bonchev–Trinajstić information content (AvgIpc) is 2.68. The molecule has 0 radical (unpaired) electrons. The van der Waals surface area contributed by atoms with E-state index in [1.54, 1.807) is 0 Å². The van der Waals surface area contributed by atoms with Crippen LogP contribution in [0.5, 0.6) is 0 Å². The van der Waals surface area contributed by atoms with Gasteiger partial charge in [-0.1, -0.05) is 36.9 Å². The van der Waals surface area contributed by atoms with Crippen LogP contribution in [0.1, 0.15) is 18.5 Å². The summed E-state index contributed by atoms with van der Waals surface area (Å²) in [5, 5.41) is 0. The highest BCUT2D eigenvalue weighted by Gasteiger charge is 2.20. The molecule has 1 atom stereocenters. The molecule has 0 spiro atoms. The number of ether oxygens (including phenoxy) is 1. The van der Waals surface area contributed by atoms with Gasteiger partial charge in [0, 0.05) is 5.57 Å². The zero-order valence-electron chi connectivity index (χ0n) is 8.23. The molecule has 0 aliphatic carbocycles. The molecule has 72 valence electrons. The van der Waals surface area contributed by atoms with Crippen LogP contribution >= 0.6 is 0 Å². The molecule has 1 unspecified atom stereocenters. The predicted molar refractivity (Wildman–Crippen MR) is 57.4 cm³/mol. The Balaban J connectivity index is 2.20. The topological polar surface area (TPSA) is 21.6 Å². The summed E-state index contributed by atoms with van der Waals surface area (Å²) >= 11 is 0. The first-order chi connectivity index (χ1) is 6.77. The first-order valence-electron chi connectivity index (χ1n) is 4.69. The lowest BCUT2D eigenvalue weighted by Gasteiger charge is -2.03. The lowest BCUT2D eigenvalue weighted by Crippen LogP contribution is -1.99. The minimum atomic E-state index is 0.142. The summed E-state index contributed by atoms with van der Waals surface area (Å²) in [5.41, 5.74) is 2.09. The number of rotatable bonds is 2. The largest absolute Gasteiger partial charge is 0.475 e. The molecule has 0 amide bonds. The van der Waals surface area contributed by atoms with Gasteiger partial charge in [-0.2, -0.15) is 0 Å². The SMILES string of the molecule is C=C(C)C1=NC(c2ccccc2)CO1. The molecular weight excluding hydrogens is 174 g/mol. The quantitative estimate of drug-likeness (QED) is 0.697. The van der Waals surface area contributed by atoms with Gasteiger partial charge in [0.1, 0.15) is 12.6 Å². The molecule has 1 aliphatic heterocycles. The summed E-state index contributed by atoms with van der Waals surface area (Å²) in [6.45, 7) is 6.35. The van der Waals surface area contributed by atoms with E-state index in [-0.39, 0.29) is 6.04 Å². The number of aliphatic imine (C=N–C) groups is 1. The van der Waals surface area contributed by atoms with E-state index < -0.39 is 0 Å². The van der Waals surface area contributed by atoms with Crippen molar-refractivity contribution in [2.24, 2.45) is 4.99 Å². The van der Waals surface area contributed by atoms with Gasteiger partial charge >= 0.3 is 0 Å².